The Hall–Kier alpha value is -1.78. The van der Waals surface area contributed by atoms with Crippen molar-refractivity contribution in [2.24, 2.45) is 27.9 Å². The maximum atomic E-state index is 14.5. The highest BCUT2D eigenvalue weighted by Crippen LogP contribution is 2.71. The van der Waals surface area contributed by atoms with Gasteiger partial charge in [-0.05, 0) is 84.8 Å². The lowest BCUT2D eigenvalue weighted by Gasteiger charge is -2.67. The van der Waals surface area contributed by atoms with E-state index >= 15 is 0 Å². The third-order valence-electron chi connectivity index (χ3n) is 9.91. The second-order valence-corrected chi connectivity index (χ2v) is 14.2. The summed E-state index contributed by atoms with van der Waals surface area (Å²) in [6, 6.07) is 22.2. The van der Waals surface area contributed by atoms with Gasteiger partial charge in [0.25, 0.3) is 0 Å². The first-order chi connectivity index (χ1) is 16.7. The molecule has 0 aromatic heterocycles. The summed E-state index contributed by atoms with van der Waals surface area (Å²) < 4.78 is 0. The maximum Gasteiger partial charge on any atom is 0.228 e. The molecule has 186 valence electrons. The van der Waals surface area contributed by atoms with Crippen molar-refractivity contribution in [1.29, 1.82) is 0 Å². The number of likely N-dealkylation sites (tertiary alicyclic amines) is 1. The number of carbonyl (C=O) groups excluding carboxylic acids is 1. The number of hydrogen-bond acceptors (Lipinski definition) is 3. The lowest BCUT2D eigenvalue weighted by Crippen LogP contribution is -2.65. The van der Waals surface area contributed by atoms with E-state index in [2.05, 4.69) is 79.4 Å². The van der Waals surface area contributed by atoms with Crippen molar-refractivity contribution >= 4 is 17.7 Å². The van der Waals surface area contributed by atoms with Crippen molar-refractivity contribution in [3.8, 4) is 0 Å². The average Bonchev–Trinajstić information content (AvgIpc) is 2.84. The van der Waals surface area contributed by atoms with Crippen molar-refractivity contribution < 1.29 is 4.79 Å². The van der Waals surface area contributed by atoms with Gasteiger partial charge in [0.15, 0.2) is 0 Å². The van der Waals surface area contributed by atoms with E-state index in [1.54, 1.807) is 0 Å². The molecule has 0 spiro atoms. The van der Waals surface area contributed by atoms with Gasteiger partial charge in [-0.1, -0.05) is 62.4 Å². The van der Waals surface area contributed by atoms with Gasteiger partial charge in [0.1, 0.15) is 0 Å². The average molecular weight is 489 g/mol. The molecule has 2 N–H and O–H groups in total. The molecule has 35 heavy (non-hydrogen) atoms. The van der Waals surface area contributed by atoms with Gasteiger partial charge in [-0.3, -0.25) is 4.79 Å². The number of amides is 1. The molecule has 4 heteroatoms. The number of hydrogen-bond donors (Lipinski definition) is 1. The van der Waals surface area contributed by atoms with Crippen LogP contribution in [0.2, 0.25) is 0 Å². The second-order valence-electron chi connectivity index (χ2n) is 13.1. The van der Waals surface area contributed by atoms with Crippen LogP contribution in [0, 0.1) is 22.2 Å². The van der Waals surface area contributed by atoms with Crippen molar-refractivity contribution in [2.45, 2.75) is 75.1 Å². The summed E-state index contributed by atoms with van der Waals surface area (Å²) in [5.41, 5.74) is 8.05. The lowest BCUT2D eigenvalue weighted by atomic mass is 9.38. The SMILES string of the molecule is CC1(C)CN(C(=O)C23CC4CC(CSc5ccccc5)(C2)CC(c2ccccc2)(C4)C3)CC[C@@H]1N. The molecule has 4 unspecified atom stereocenters. The Bertz CT molecular complexity index is 1090. The molecule has 5 fully saturated rings. The number of thioether (sulfide) groups is 1. The minimum Gasteiger partial charge on any atom is -0.342 e. The van der Waals surface area contributed by atoms with Gasteiger partial charge in [-0.2, -0.15) is 0 Å². The van der Waals surface area contributed by atoms with Crippen molar-refractivity contribution in [3.05, 3.63) is 66.2 Å². The molecule has 0 radical (unpaired) electrons. The molecule has 2 aromatic rings. The number of nitrogens with two attached hydrogens (primary N) is 1. The number of rotatable bonds is 5. The van der Waals surface area contributed by atoms with Crippen LogP contribution >= 0.6 is 11.8 Å². The van der Waals surface area contributed by atoms with Gasteiger partial charge in [-0.25, -0.2) is 0 Å². The van der Waals surface area contributed by atoms with E-state index in [0.29, 0.717) is 11.8 Å². The molecular formula is C31H40N2OS. The predicted octanol–water partition coefficient (Wildman–Crippen LogP) is 6.27. The maximum absolute atomic E-state index is 14.5. The predicted molar refractivity (Wildman–Crippen MR) is 144 cm³/mol. The van der Waals surface area contributed by atoms with Gasteiger partial charge < -0.3 is 10.6 Å². The highest BCUT2D eigenvalue weighted by molar-refractivity contribution is 7.99. The highest BCUT2D eigenvalue weighted by atomic mass is 32.2. The van der Waals surface area contributed by atoms with Crippen LogP contribution in [0.15, 0.2) is 65.6 Å². The molecule has 1 heterocycles. The van der Waals surface area contributed by atoms with E-state index < -0.39 is 0 Å². The summed E-state index contributed by atoms with van der Waals surface area (Å²) in [5.74, 6) is 2.20. The Morgan fingerprint density at radius 3 is 2.40 bits per heavy atom. The number of carbonyl (C=O) groups is 1. The number of benzene rings is 2. The molecule has 1 saturated heterocycles. The van der Waals surface area contributed by atoms with E-state index in [1.807, 2.05) is 11.8 Å². The van der Waals surface area contributed by atoms with Crippen LogP contribution in [0.1, 0.15) is 64.4 Å². The fourth-order valence-corrected chi connectivity index (χ4v) is 9.93. The van der Waals surface area contributed by atoms with Crippen molar-refractivity contribution in [3.63, 3.8) is 0 Å². The van der Waals surface area contributed by atoms with Crippen LogP contribution < -0.4 is 5.73 Å². The van der Waals surface area contributed by atoms with E-state index in [-0.39, 0.29) is 27.7 Å². The summed E-state index contributed by atoms with van der Waals surface area (Å²) in [7, 11) is 0. The number of piperidine rings is 1. The first-order valence-corrected chi connectivity index (χ1v) is 14.5. The first kappa shape index (κ1) is 23.6. The molecule has 4 bridgehead atoms. The summed E-state index contributed by atoms with van der Waals surface area (Å²) >= 11 is 2.01. The summed E-state index contributed by atoms with van der Waals surface area (Å²) in [6.45, 7) is 6.09. The van der Waals surface area contributed by atoms with Gasteiger partial charge in [0.2, 0.25) is 5.91 Å². The van der Waals surface area contributed by atoms with E-state index in [1.165, 1.54) is 29.7 Å². The van der Waals surface area contributed by atoms with Crippen LogP contribution in [0.5, 0.6) is 0 Å². The topological polar surface area (TPSA) is 46.3 Å². The largest absolute Gasteiger partial charge is 0.342 e. The van der Waals surface area contributed by atoms with Gasteiger partial charge in [0.05, 0.1) is 5.41 Å². The third kappa shape index (κ3) is 4.05. The molecular weight excluding hydrogens is 448 g/mol. The highest BCUT2D eigenvalue weighted by Gasteiger charge is 2.66. The van der Waals surface area contributed by atoms with Crippen LogP contribution in [0.3, 0.4) is 0 Å². The zero-order chi connectivity index (χ0) is 24.3. The lowest BCUT2D eigenvalue weighted by molar-refractivity contribution is -0.172. The summed E-state index contributed by atoms with van der Waals surface area (Å²) in [5, 5.41) is 0. The molecule has 3 nitrogen and oxygen atoms in total. The molecule has 1 aliphatic heterocycles. The Balaban J connectivity index is 1.36. The quantitative estimate of drug-likeness (QED) is 0.504. The minimum absolute atomic E-state index is 0.0197. The van der Waals surface area contributed by atoms with Gasteiger partial charge in [0, 0.05) is 29.8 Å². The van der Waals surface area contributed by atoms with Crippen LogP contribution in [0.25, 0.3) is 0 Å². The summed E-state index contributed by atoms with van der Waals surface area (Å²) in [6.07, 6.45) is 7.85. The van der Waals surface area contributed by atoms with Gasteiger partial charge >= 0.3 is 0 Å². The third-order valence-corrected chi connectivity index (χ3v) is 11.3. The fourth-order valence-electron chi connectivity index (χ4n) is 8.79. The Morgan fingerprint density at radius 1 is 0.971 bits per heavy atom. The van der Waals surface area contributed by atoms with Crippen molar-refractivity contribution in [1.82, 2.24) is 4.90 Å². The monoisotopic (exact) mass is 488 g/mol. The molecule has 5 atom stereocenters. The zero-order valence-electron chi connectivity index (χ0n) is 21.3. The Kier molecular flexibility index (Phi) is 5.65. The normalized spacial score (nSPS) is 37.4. The van der Waals surface area contributed by atoms with Crippen LogP contribution in [-0.2, 0) is 10.2 Å². The van der Waals surface area contributed by atoms with Crippen LogP contribution in [0.4, 0.5) is 0 Å². The Morgan fingerprint density at radius 2 is 1.69 bits per heavy atom. The molecule has 1 amide bonds. The molecule has 4 aliphatic carbocycles. The second kappa shape index (κ2) is 8.38. The van der Waals surface area contributed by atoms with E-state index in [0.717, 1.165) is 44.5 Å². The van der Waals surface area contributed by atoms with Crippen molar-refractivity contribution in [2.75, 3.05) is 18.8 Å². The first-order valence-electron chi connectivity index (χ1n) is 13.5. The smallest absolute Gasteiger partial charge is 0.228 e. The Labute approximate surface area is 215 Å². The van der Waals surface area contributed by atoms with E-state index in [9.17, 15) is 4.79 Å². The van der Waals surface area contributed by atoms with E-state index in [4.69, 9.17) is 5.73 Å². The molecule has 7 rings (SSSR count). The zero-order valence-corrected chi connectivity index (χ0v) is 22.2. The molecule has 4 saturated carbocycles. The molecule has 2 aromatic carbocycles. The number of nitrogens with zero attached hydrogens (tertiary/aromatic N) is 1. The van der Waals surface area contributed by atoms with Crippen LogP contribution in [-0.4, -0.2) is 35.7 Å². The summed E-state index contributed by atoms with van der Waals surface area (Å²) in [4.78, 5) is 18.1. The fraction of sp³-hybridized carbons (Fsp3) is 0.581. The standard InChI is InChI=1S/C31H40N2OS/c1-28(2)21-33(14-13-26(28)32)27(34)31-17-23-15-29(19-31,22-35-25-11-7-4-8-12-25)18-30(16-23,20-31)24-9-5-3-6-10-24/h3-12,23,26H,13-22,32H2,1-2H3/t23?,26-,29?,30?,31?/m0/s1. The minimum atomic E-state index is -0.218. The van der Waals surface area contributed by atoms with Gasteiger partial charge in [-0.15, -0.1) is 11.8 Å². The molecule has 5 aliphatic rings.